The maximum Gasteiger partial charge on any atom is 0.304 e. The van der Waals surface area contributed by atoms with Crippen molar-refractivity contribution >= 4 is 39.4 Å². The van der Waals surface area contributed by atoms with Gasteiger partial charge >= 0.3 is 5.97 Å². The Morgan fingerprint density at radius 1 is 1.08 bits per heavy atom. The summed E-state index contributed by atoms with van der Waals surface area (Å²) in [6.45, 7) is 0. The number of aromatic nitrogens is 3. The fourth-order valence-corrected chi connectivity index (χ4v) is 5.98. The van der Waals surface area contributed by atoms with E-state index in [9.17, 15) is 14.7 Å². The Morgan fingerprint density at radius 3 is 2.56 bits per heavy atom. The van der Waals surface area contributed by atoms with Gasteiger partial charge in [0, 0.05) is 47.4 Å². The van der Waals surface area contributed by atoms with Crippen molar-refractivity contribution in [1.29, 1.82) is 0 Å². The lowest BCUT2D eigenvalue weighted by Gasteiger charge is -2.25. The Hall–Kier alpha value is -4.30. The van der Waals surface area contributed by atoms with E-state index in [-0.39, 0.29) is 18.4 Å². The van der Waals surface area contributed by atoms with E-state index in [0.717, 1.165) is 51.8 Å². The van der Waals surface area contributed by atoms with Crippen molar-refractivity contribution in [3.63, 3.8) is 0 Å². The first-order valence-electron chi connectivity index (χ1n) is 13.0. The van der Waals surface area contributed by atoms with E-state index in [2.05, 4.69) is 23.2 Å². The Labute approximate surface area is 230 Å². The van der Waals surface area contributed by atoms with E-state index >= 15 is 0 Å². The normalized spacial score (nSPS) is 13.9. The monoisotopic (exact) mass is 536 g/mol. The third-order valence-corrected chi connectivity index (χ3v) is 8.00. The molecule has 1 N–H and O–H groups in total. The molecule has 1 saturated carbocycles. The van der Waals surface area contributed by atoms with Crippen LogP contribution in [0, 0.1) is 5.92 Å². The highest BCUT2D eigenvalue weighted by molar-refractivity contribution is 7.14. The summed E-state index contributed by atoms with van der Waals surface area (Å²) in [4.78, 5) is 36.9. The standard InChI is InChI=1S/C31H28N4O3S/c1-34-14-13-21-16-23(18-32-29(21)34)25-9-5-6-10-26(25)27-19-39-31(33-27)35(24-11-12-24)30(38)22(17-28(36)37)15-20-7-3-2-4-8-20/h2-10,13-14,16,18-19,22,24H,11-12,15,17H2,1H3,(H,36,37). The van der Waals surface area contributed by atoms with Crippen LogP contribution in [0.1, 0.15) is 24.8 Å². The molecule has 1 atom stereocenters. The first-order valence-corrected chi connectivity index (χ1v) is 13.9. The Balaban J connectivity index is 1.33. The number of aryl methyl sites for hydroxylation is 1. The van der Waals surface area contributed by atoms with Crippen LogP contribution >= 0.6 is 11.3 Å². The zero-order valence-electron chi connectivity index (χ0n) is 21.5. The minimum absolute atomic E-state index is 0.0588. The van der Waals surface area contributed by atoms with Crippen LogP contribution in [0.3, 0.4) is 0 Å². The molecule has 39 heavy (non-hydrogen) atoms. The van der Waals surface area contributed by atoms with Gasteiger partial charge < -0.3 is 9.67 Å². The zero-order chi connectivity index (χ0) is 26.9. The smallest absolute Gasteiger partial charge is 0.304 e. The number of carbonyl (C=O) groups is 2. The van der Waals surface area contributed by atoms with Crippen LogP contribution in [0.15, 0.2) is 84.5 Å². The highest BCUT2D eigenvalue weighted by Crippen LogP contribution is 2.39. The minimum atomic E-state index is -0.974. The first kappa shape index (κ1) is 25.0. The lowest BCUT2D eigenvalue weighted by atomic mass is 9.94. The average Bonchev–Trinajstić information content (AvgIpc) is 3.54. The minimum Gasteiger partial charge on any atom is -0.481 e. The van der Waals surface area contributed by atoms with Gasteiger partial charge in [-0.2, -0.15) is 0 Å². The number of hydrogen-bond donors (Lipinski definition) is 1. The molecule has 3 aromatic heterocycles. The molecule has 8 heteroatoms. The van der Waals surface area contributed by atoms with Gasteiger partial charge in [0.05, 0.1) is 18.0 Å². The number of benzene rings is 2. The van der Waals surface area contributed by atoms with Crippen molar-refractivity contribution < 1.29 is 14.7 Å². The number of carbonyl (C=O) groups excluding carboxylic acids is 1. The van der Waals surface area contributed by atoms with Crippen molar-refractivity contribution in [2.75, 3.05) is 4.90 Å². The second-order valence-electron chi connectivity index (χ2n) is 10.0. The molecule has 0 aliphatic heterocycles. The first-order chi connectivity index (χ1) is 19.0. The number of amides is 1. The van der Waals surface area contributed by atoms with Crippen LogP contribution in [-0.4, -0.2) is 37.6 Å². The average molecular weight is 537 g/mol. The zero-order valence-corrected chi connectivity index (χ0v) is 22.3. The van der Waals surface area contributed by atoms with Gasteiger partial charge in [0.1, 0.15) is 5.65 Å². The SMILES string of the molecule is Cn1ccc2cc(-c3ccccc3-c3csc(N(C(=O)C(CC(=O)O)Cc4ccccc4)C4CC4)n3)cnc21. The fraction of sp³-hybridized carbons (Fsp3) is 0.226. The molecule has 6 rings (SSSR count). The number of aliphatic carboxylic acids is 1. The molecule has 1 aliphatic rings. The van der Waals surface area contributed by atoms with E-state index in [4.69, 9.17) is 4.98 Å². The van der Waals surface area contributed by atoms with Crippen LogP contribution in [-0.2, 0) is 23.1 Å². The molecule has 2 aromatic carbocycles. The summed E-state index contributed by atoms with van der Waals surface area (Å²) < 4.78 is 2.00. The topological polar surface area (TPSA) is 88.3 Å². The molecule has 1 fully saturated rings. The van der Waals surface area contributed by atoms with Gasteiger partial charge in [0.2, 0.25) is 5.91 Å². The number of nitrogens with zero attached hydrogens (tertiary/aromatic N) is 4. The van der Waals surface area contributed by atoms with Gasteiger partial charge in [0.25, 0.3) is 0 Å². The molecule has 7 nitrogen and oxygen atoms in total. The Kier molecular flexibility index (Phi) is 6.70. The van der Waals surface area contributed by atoms with E-state index in [1.54, 1.807) is 4.90 Å². The van der Waals surface area contributed by atoms with Crippen molar-refractivity contribution in [3.05, 3.63) is 90.1 Å². The molecule has 1 aliphatic carbocycles. The molecule has 0 spiro atoms. The highest BCUT2D eigenvalue weighted by atomic mass is 32.1. The van der Waals surface area contributed by atoms with Crippen molar-refractivity contribution in [2.24, 2.45) is 13.0 Å². The van der Waals surface area contributed by atoms with Crippen LogP contribution in [0.4, 0.5) is 5.13 Å². The number of pyridine rings is 1. The molecule has 5 aromatic rings. The second kappa shape index (κ2) is 10.5. The van der Waals surface area contributed by atoms with Crippen LogP contribution in [0.25, 0.3) is 33.4 Å². The van der Waals surface area contributed by atoms with Gasteiger partial charge in [-0.15, -0.1) is 11.3 Å². The number of carboxylic acid groups (broad SMARTS) is 1. The summed E-state index contributed by atoms with van der Waals surface area (Å²) in [6.07, 6.45) is 5.84. The van der Waals surface area contributed by atoms with E-state index < -0.39 is 11.9 Å². The third-order valence-electron chi connectivity index (χ3n) is 7.16. The molecule has 196 valence electrons. The molecule has 0 bridgehead atoms. The summed E-state index contributed by atoms with van der Waals surface area (Å²) in [5.74, 6) is -1.80. The van der Waals surface area contributed by atoms with Gasteiger partial charge in [0.15, 0.2) is 5.13 Å². The van der Waals surface area contributed by atoms with E-state index in [1.165, 1.54) is 11.3 Å². The molecule has 1 unspecified atom stereocenters. The van der Waals surface area contributed by atoms with Crippen molar-refractivity contribution in [2.45, 2.75) is 31.7 Å². The van der Waals surface area contributed by atoms with E-state index in [0.29, 0.717) is 11.6 Å². The van der Waals surface area contributed by atoms with Crippen molar-refractivity contribution in [3.8, 4) is 22.4 Å². The summed E-state index contributed by atoms with van der Waals surface area (Å²) in [7, 11) is 1.98. The van der Waals surface area contributed by atoms with E-state index in [1.807, 2.05) is 77.9 Å². The predicted molar refractivity (Wildman–Crippen MR) is 154 cm³/mol. The second-order valence-corrected chi connectivity index (χ2v) is 10.9. The quantitative estimate of drug-likeness (QED) is 0.243. The molecule has 3 heterocycles. The van der Waals surface area contributed by atoms with Gasteiger partial charge in [-0.25, -0.2) is 9.97 Å². The summed E-state index contributed by atoms with van der Waals surface area (Å²) in [5.41, 5.74) is 5.65. The number of fused-ring (bicyclic) bond motifs is 1. The molecule has 0 radical (unpaired) electrons. The maximum absolute atomic E-state index is 13.8. The number of carboxylic acids is 1. The highest BCUT2D eigenvalue weighted by Gasteiger charge is 2.39. The van der Waals surface area contributed by atoms with Crippen molar-refractivity contribution in [1.82, 2.24) is 14.5 Å². The summed E-state index contributed by atoms with van der Waals surface area (Å²) in [5, 5.41) is 13.3. The van der Waals surface area contributed by atoms with Gasteiger partial charge in [-0.1, -0.05) is 54.6 Å². The molecule has 0 saturated heterocycles. The van der Waals surface area contributed by atoms with Crippen LogP contribution in [0.5, 0.6) is 0 Å². The summed E-state index contributed by atoms with van der Waals surface area (Å²) in [6, 6.07) is 21.9. The van der Waals surface area contributed by atoms with Gasteiger partial charge in [-0.3, -0.25) is 14.5 Å². The molecular formula is C31H28N4O3S. The van der Waals surface area contributed by atoms with Gasteiger partial charge in [-0.05, 0) is 42.5 Å². The maximum atomic E-state index is 13.8. The number of thiazole rings is 1. The molecule has 1 amide bonds. The predicted octanol–water partition coefficient (Wildman–Crippen LogP) is 6.19. The number of hydrogen-bond acceptors (Lipinski definition) is 5. The molecular weight excluding hydrogens is 508 g/mol. The Morgan fingerprint density at radius 2 is 1.82 bits per heavy atom. The number of rotatable bonds is 9. The fourth-order valence-electron chi connectivity index (χ4n) is 5.07. The largest absolute Gasteiger partial charge is 0.481 e. The lowest BCUT2D eigenvalue weighted by Crippen LogP contribution is -2.39. The lowest BCUT2D eigenvalue weighted by molar-refractivity contribution is -0.140. The summed E-state index contributed by atoms with van der Waals surface area (Å²) >= 11 is 1.43. The van der Waals surface area contributed by atoms with Crippen LogP contribution in [0.2, 0.25) is 0 Å². The van der Waals surface area contributed by atoms with Crippen LogP contribution < -0.4 is 4.90 Å². The Bertz CT molecular complexity index is 1650. The third kappa shape index (κ3) is 5.20. The number of anilines is 1.